The van der Waals surface area contributed by atoms with Crippen molar-refractivity contribution in [2.24, 2.45) is 17.6 Å². The Morgan fingerprint density at radius 3 is 2.17 bits per heavy atom. The molecule has 18 heavy (non-hydrogen) atoms. The number of amides is 2. The van der Waals surface area contributed by atoms with E-state index in [1.807, 2.05) is 27.7 Å². The van der Waals surface area contributed by atoms with Gasteiger partial charge in [0.15, 0.2) is 0 Å². The number of carbonyl (C=O) groups is 2. The third-order valence-electron chi connectivity index (χ3n) is 2.51. The molecule has 3 N–H and O–H groups in total. The molecule has 0 radical (unpaired) electrons. The van der Waals surface area contributed by atoms with Crippen LogP contribution in [-0.2, 0) is 9.59 Å². The van der Waals surface area contributed by atoms with Gasteiger partial charge in [0, 0.05) is 13.6 Å². The number of hydrogen-bond acceptors (Lipinski definition) is 3. The maximum Gasteiger partial charge on any atom is 0.239 e. The second kappa shape index (κ2) is 8.08. The summed E-state index contributed by atoms with van der Waals surface area (Å²) in [5.74, 6) is 0.449. The van der Waals surface area contributed by atoms with Crippen LogP contribution in [0.2, 0.25) is 0 Å². The van der Waals surface area contributed by atoms with Crippen molar-refractivity contribution in [1.82, 2.24) is 10.2 Å². The predicted octanol–water partition coefficient (Wildman–Crippen LogP) is 0.590. The molecule has 5 nitrogen and oxygen atoms in total. The van der Waals surface area contributed by atoms with Gasteiger partial charge in [-0.15, -0.1) is 0 Å². The first-order valence-electron chi connectivity index (χ1n) is 6.51. The first-order chi connectivity index (χ1) is 8.23. The maximum absolute atomic E-state index is 11.9. The summed E-state index contributed by atoms with van der Waals surface area (Å²) in [6.07, 6.45) is 0.636. The third-order valence-corrected chi connectivity index (χ3v) is 2.51. The Morgan fingerprint density at radius 1 is 1.17 bits per heavy atom. The number of carbonyl (C=O) groups excluding carboxylic acids is 2. The average molecular weight is 257 g/mol. The summed E-state index contributed by atoms with van der Waals surface area (Å²) in [4.78, 5) is 24.8. The van der Waals surface area contributed by atoms with Gasteiger partial charge in [0.2, 0.25) is 11.8 Å². The molecule has 5 heteroatoms. The maximum atomic E-state index is 11.9. The second-order valence-electron chi connectivity index (χ2n) is 5.63. The van der Waals surface area contributed by atoms with Crippen LogP contribution >= 0.6 is 0 Å². The number of nitrogens with one attached hydrogen (secondary N) is 1. The van der Waals surface area contributed by atoms with Crippen LogP contribution < -0.4 is 11.1 Å². The molecule has 1 atom stereocenters. The zero-order chi connectivity index (χ0) is 14.3. The second-order valence-corrected chi connectivity index (χ2v) is 5.63. The van der Waals surface area contributed by atoms with Gasteiger partial charge >= 0.3 is 0 Å². The van der Waals surface area contributed by atoms with Gasteiger partial charge < -0.3 is 16.0 Å². The van der Waals surface area contributed by atoms with Crippen LogP contribution in [0.5, 0.6) is 0 Å². The fraction of sp³-hybridized carbons (Fsp3) is 0.846. The Morgan fingerprint density at radius 2 is 1.72 bits per heavy atom. The minimum atomic E-state index is -0.520. The molecule has 0 saturated heterocycles. The van der Waals surface area contributed by atoms with Crippen LogP contribution in [0.4, 0.5) is 0 Å². The van der Waals surface area contributed by atoms with Gasteiger partial charge in [-0.1, -0.05) is 27.7 Å². The molecular weight excluding hydrogens is 230 g/mol. The molecule has 0 bridgehead atoms. The highest BCUT2D eigenvalue weighted by molar-refractivity contribution is 5.87. The molecule has 2 amide bonds. The molecule has 0 aromatic rings. The molecule has 0 aromatic heterocycles. The van der Waals surface area contributed by atoms with E-state index in [4.69, 9.17) is 5.73 Å². The molecular formula is C13H27N3O2. The Bertz CT molecular complexity index is 277. The molecule has 0 unspecified atom stereocenters. The van der Waals surface area contributed by atoms with Gasteiger partial charge in [0.25, 0.3) is 0 Å². The Kier molecular flexibility index (Phi) is 7.59. The summed E-state index contributed by atoms with van der Waals surface area (Å²) < 4.78 is 0. The summed E-state index contributed by atoms with van der Waals surface area (Å²) in [7, 11) is 1.61. The molecule has 0 heterocycles. The Labute approximate surface area is 110 Å². The monoisotopic (exact) mass is 257 g/mol. The van der Waals surface area contributed by atoms with E-state index >= 15 is 0 Å². The molecule has 0 rings (SSSR count). The van der Waals surface area contributed by atoms with E-state index in [-0.39, 0.29) is 18.4 Å². The fourth-order valence-electron chi connectivity index (χ4n) is 1.56. The van der Waals surface area contributed by atoms with E-state index in [1.54, 1.807) is 7.05 Å². The van der Waals surface area contributed by atoms with E-state index in [0.717, 1.165) is 0 Å². The van der Waals surface area contributed by atoms with Crippen molar-refractivity contribution in [3.63, 3.8) is 0 Å². The zero-order valence-corrected chi connectivity index (χ0v) is 12.2. The number of likely N-dealkylation sites (N-methyl/N-ethyl adjacent to an activating group) is 1. The van der Waals surface area contributed by atoms with Crippen LogP contribution in [0.25, 0.3) is 0 Å². The van der Waals surface area contributed by atoms with Gasteiger partial charge in [0.05, 0.1) is 12.6 Å². The van der Waals surface area contributed by atoms with E-state index in [2.05, 4.69) is 5.32 Å². The Hall–Kier alpha value is -1.10. The SMILES string of the molecule is CC(C)CNC(=O)CN(C)C(=O)[C@@H](N)CC(C)C. The normalized spacial score (nSPS) is 12.7. The third kappa shape index (κ3) is 7.27. The summed E-state index contributed by atoms with van der Waals surface area (Å²) in [6.45, 7) is 8.77. The lowest BCUT2D eigenvalue weighted by molar-refractivity contribution is -0.136. The van der Waals surface area contributed by atoms with Crippen molar-refractivity contribution < 1.29 is 9.59 Å². The average Bonchev–Trinajstić information content (AvgIpc) is 2.24. The Balaban J connectivity index is 4.10. The van der Waals surface area contributed by atoms with Crippen molar-refractivity contribution in [1.29, 1.82) is 0 Å². The molecule has 0 fully saturated rings. The molecule has 0 aliphatic rings. The zero-order valence-electron chi connectivity index (χ0n) is 12.2. The van der Waals surface area contributed by atoms with Crippen molar-refractivity contribution in [3.8, 4) is 0 Å². The molecule has 0 aliphatic carbocycles. The minimum Gasteiger partial charge on any atom is -0.354 e. The molecule has 0 spiro atoms. The van der Waals surface area contributed by atoms with E-state index < -0.39 is 6.04 Å². The summed E-state index contributed by atoms with van der Waals surface area (Å²) in [6, 6.07) is -0.520. The lowest BCUT2D eigenvalue weighted by Gasteiger charge is -2.22. The van der Waals surface area contributed by atoms with Crippen LogP contribution in [0, 0.1) is 11.8 Å². The first kappa shape index (κ1) is 16.9. The highest BCUT2D eigenvalue weighted by Gasteiger charge is 2.20. The van der Waals surface area contributed by atoms with Gasteiger partial charge in [0.1, 0.15) is 0 Å². The number of rotatable bonds is 7. The summed E-state index contributed by atoms with van der Waals surface area (Å²) >= 11 is 0. The molecule has 0 aromatic carbocycles. The standard InChI is InChI=1S/C13H27N3O2/c1-9(2)6-11(14)13(18)16(5)8-12(17)15-7-10(3)4/h9-11H,6-8,14H2,1-5H3,(H,15,17)/t11-/m0/s1. The highest BCUT2D eigenvalue weighted by Crippen LogP contribution is 2.04. The van der Waals surface area contributed by atoms with Crippen LogP contribution in [-0.4, -0.2) is 42.9 Å². The number of nitrogens with two attached hydrogens (primary N) is 1. The number of nitrogens with zero attached hydrogens (tertiary/aromatic N) is 1. The summed E-state index contributed by atoms with van der Waals surface area (Å²) in [5.41, 5.74) is 5.79. The van der Waals surface area contributed by atoms with Crippen molar-refractivity contribution >= 4 is 11.8 Å². The van der Waals surface area contributed by atoms with Crippen molar-refractivity contribution in [2.45, 2.75) is 40.2 Å². The van der Waals surface area contributed by atoms with Crippen LogP contribution in [0.1, 0.15) is 34.1 Å². The van der Waals surface area contributed by atoms with Crippen LogP contribution in [0.15, 0.2) is 0 Å². The molecule has 0 saturated carbocycles. The quantitative estimate of drug-likeness (QED) is 0.701. The van der Waals surface area contributed by atoms with E-state index in [1.165, 1.54) is 4.90 Å². The molecule has 0 aliphatic heterocycles. The lowest BCUT2D eigenvalue weighted by atomic mass is 10.0. The van der Waals surface area contributed by atoms with Crippen molar-refractivity contribution in [3.05, 3.63) is 0 Å². The first-order valence-corrected chi connectivity index (χ1v) is 6.51. The van der Waals surface area contributed by atoms with Gasteiger partial charge in [-0.2, -0.15) is 0 Å². The van der Waals surface area contributed by atoms with Crippen molar-refractivity contribution in [2.75, 3.05) is 20.1 Å². The summed E-state index contributed by atoms with van der Waals surface area (Å²) in [5, 5.41) is 2.77. The number of hydrogen-bond donors (Lipinski definition) is 2. The van der Waals surface area contributed by atoms with Gasteiger partial charge in [-0.3, -0.25) is 9.59 Å². The van der Waals surface area contributed by atoms with Crippen LogP contribution in [0.3, 0.4) is 0 Å². The largest absolute Gasteiger partial charge is 0.354 e. The highest BCUT2D eigenvalue weighted by atomic mass is 16.2. The minimum absolute atomic E-state index is 0.0668. The smallest absolute Gasteiger partial charge is 0.239 e. The fourth-order valence-corrected chi connectivity index (χ4v) is 1.56. The predicted molar refractivity (Wildman–Crippen MR) is 72.9 cm³/mol. The van der Waals surface area contributed by atoms with E-state index in [0.29, 0.717) is 24.8 Å². The van der Waals surface area contributed by atoms with Gasteiger partial charge in [-0.05, 0) is 18.3 Å². The lowest BCUT2D eigenvalue weighted by Crippen LogP contribution is -2.46. The van der Waals surface area contributed by atoms with E-state index in [9.17, 15) is 9.59 Å². The topological polar surface area (TPSA) is 75.4 Å². The molecule has 106 valence electrons. The van der Waals surface area contributed by atoms with Gasteiger partial charge in [-0.25, -0.2) is 0 Å².